The number of aromatic carboxylic acids is 1. The highest BCUT2D eigenvalue weighted by Crippen LogP contribution is 1.97. The molecule has 6 heteroatoms. The van der Waals surface area contributed by atoms with E-state index in [0.717, 1.165) is 6.20 Å². The maximum absolute atomic E-state index is 11.5. The molecule has 0 aliphatic rings. The minimum absolute atomic E-state index is 0.325. The molecule has 0 unspecified atom stereocenters. The second-order valence-corrected chi connectivity index (χ2v) is 2.86. The smallest absolute Gasteiger partial charge is 0.342 e. The van der Waals surface area contributed by atoms with Gasteiger partial charge in [0.2, 0.25) is 5.78 Å². The van der Waals surface area contributed by atoms with Crippen molar-refractivity contribution in [2.45, 2.75) is 0 Å². The highest BCUT2D eigenvalue weighted by molar-refractivity contribution is 5.86. The Morgan fingerprint density at radius 1 is 1.50 bits per heavy atom. The molecule has 0 atom stereocenters. The van der Waals surface area contributed by atoms with E-state index in [9.17, 15) is 9.59 Å². The number of aryl methyl sites for hydroxylation is 1. The maximum atomic E-state index is 11.5. The van der Waals surface area contributed by atoms with Crippen LogP contribution in [0.1, 0.15) is 10.4 Å². The van der Waals surface area contributed by atoms with Gasteiger partial charge in [-0.2, -0.15) is 0 Å². The third-order valence-corrected chi connectivity index (χ3v) is 1.96. The van der Waals surface area contributed by atoms with Crippen LogP contribution < -0.4 is 5.56 Å². The van der Waals surface area contributed by atoms with Gasteiger partial charge >= 0.3 is 5.97 Å². The summed E-state index contributed by atoms with van der Waals surface area (Å²) in [5.41, 5.74) is -0.892. The van der Waals surface area contributed by atoms with Gasteiger partial charge in [0.15, 0.2) is 0 Å². The third kappa shape index (κ3) is 1.00. The van der Waals surface area contributed by atoms with E-state index < -0.39 is 11.5 Å². The van der Waals surface area contributed by atoms with Gasteiger partial charge in [0.1, 0.15) is 5.56 Å². The Morgan fingerprint density at radius 2 is 2.21 bits per heavy atom. The predicted molar refractivity (Wildman–Crippen MR) is 47.4 cm³/mol. The molecular weight excluding hydrogens is 186 g/mol. The zero-order valence-electron chi connectivity index (χ0n) is 7.34. The van der Waals surface area contributed by atoms with Gasteiger partial charge in [0, 0.05) is 19.4 Å². The van der Waals surface area contributed by atoms with Crippen LogP contribution in [-0.4, -0.2) is 25.0 Å². The van der Waals surface area contributed by atoms with E-state index >= 15 is 0 Å². The summed E-state index contributed by atoms with van der Waals surface area (Å²) in [6, 6.07) is 0. The van der Waals surface area contributed by atoms with Gasteiger partial charge in [0.25, 0.3) is 5.56 Å². The van der Waals surface area contributed by atoms with Crippen molar-refractivity contribution in [2.75, 3.05) is 0 Å². The van der Waals surface area contributed by atoms with Crippen molar-refractivity contribution in [3.05, 3.63) is 34.5 Å². The second kappa shape index (κ2) is 2.69. The number of carboxylic acids is 1. The van der Waals surface area contributed by atoms with Crippen LogP contribution in [0.25, 0.3) is 5.78 Å². The number of hydrogen-bond donors (Lipinski definition) is 1. The molecule has 6 nitrogen and oxygen atoms in total. The predicted octanol–water partition coefficient (Wildman–Crippen LogP) is -0.269. The first kappa shape index (κ1) is 8.49. The fourth-order valence-corrected chi connectivity index (χ4v) is 1.24. The van der Waals surface area contributed by atoms with Crippen LogP contribution in [0.3, 0.4) is 0 Å². The highest BCUT2D eigenvalue weighted by Gasteiger charge is 2.12. The SMILES string of the molecule is Cn1ccn2c(=O)c(C(=O)O)cnc12. The molecular formula is C8H7N3O3. The molecule has 0 aliphatic carbocycles. The molecule has 2 heterocycles. The maximum Gasteiger partial charge on any atom is 0.342 e. The first-order valence-corrected chi connectivity index (χ1v) is 3.87. The highest BCUT2D eigenvalue weighted by atomic mass is 16.4. The molecule has 0 aromatic carbocycles. The van der Waals surface area contributed by atoms with Gasteiger partial charge in [0.05, 0.1) is 6.20 Å². The Balaban J connectivity index is 2.90. The zero-order chi connectivity index (χ0) is 10.3. The first-order valence-electron chi connectivity index (χ1n) is 3.87. The van der Waals surface area contributed by atoms with Gasteiger partial charge < -0.3 is 9.67 Å². The average Bonchev–Trinajstić information content (AvgIpc) is 2.49. The van der Waals surface area contributed by atoms with Gasteiger partial charge in [-0.1, -0.05) is 0 Å². The molecule has 2 rings (SSSR count). The molecule has 0 amide bonds. The van der Waals surface area contributed by atoms with Crippen LogP contribution in [0.4, 0.5) is 0 Å². The number of carbonyl (C=O) groups is 1. The van der Waals surface area contributed by atoms with E-state index in [4.69, 9.17) is 5.11 Å². The lowest BCUT2D eigenvalue weighted by Crippen LogP contribution is -2.22. The van der Waals surface area contributed by atoms with Crippen molar-refractivity contribution in [3.63, 3.8) is 0 Å². The Morgan fingerprint density at radius 3 is 2.86 bits per heavy atom. The molecule has 0 bridgehead atoms. The molecule has 0 radical (unpaired) electrons. The summed E-state index contributed by atoms with van der Waals surface area (Å²) < 4.78 is 2.83. The summed E-state index contributed by atoms with van der Waals surface area (Å²) in [7, 11) is 1.72. The second-order valence-electron chi connectivity index (χ2n) is 2.86. The van der Waals surface area contributed by atoms with E-state index in [0.29, 0.717) is 5.78 Å². The fourth-order valence-electron chi connectivity index (χ4n) is 1.24. The van der Waals surface area contributed by atoms with Gasteiger partial charge in [-0.25, -0.2) is 9.78 Å². The van der Waals surface area contributed by atoms with Crippen molar-refractivity contribution in [1.29, 1.82) is 0 Å². The lowest BCUT2D eigenvalue weighted by atomic mass is 10.3. The van der Waals surface area contributed by atoms with Crippen LogP contribution in [0, 0.1) is 0 Å². The largest absolute Gasteiger partial charge is 0.477 e. The van der Waals surface area contributed by atoms with Crippen LogP contribution in [-0.2, 0) is 7.05 Å². The minimum Gasteiger partial charge on any atom is -0.477 e. The normalized spacial score (nSPS) is 10.6. The van der Waals surface area contributed by atoms with Crippen LogP contribution in [0.2, 0.25) is 0 Å². The standard InChI is InChI=1S/C8H7N3O3/c1-10-2-3-11-6(12)5(7(13)14)4-9-8(10)11/h2-4H,1H3,(H,13,14). The van der Waals surface area contributed by atoms with E-state index in [1.54, 1.807) is 17.8 Å². The Hall–Kier alpha value is -2.11. The quantitative estimate of drug-likeness (QED) is 0.676. The summed E-state index contributed by atoms with van der Waals surface area (Å²) in [6.45, 7) is 0. The fraction of sp³-hybridized carbons (Fsp3) is 0.125. The minimum atomic E-state index is -1.26. The van der Waals surface area contributed by atoms with E-state index in [2.05, 4.69) is 4.98 Å². The molecule has 0 saturated heterocycles. The van der Waals surface area contributed by atoms with Gasteiger partial charge in [-0.15, -0.1) is 0 Å². The van der Waals surface area contributed by atoms with E-state index in [1.807, 2.05) is 0 Å². The first-order chi connectivity index (χ1) is 6.61. The molecule has 1 N–H and O–H groups in total. The molecule has 0 aliphatic heterocycles. The molecule has 14 heavy (non-hydrogen) atoms. The monoisotopic (exact) mass is 193 g/mol. The Bertz CT molecular complexity index is 567. The number of aromatic nitrogens is 3. The molecule has 0 saturated carbocycles. The van der Waals surface area contributed by atoms with Crippen molar-refractivity contribution in [2.24, 2.45) is 7.05 Å². The van der Waals surface area contributed by atoms with Crippen LogP contribution >= 0.6 is 0 Å². The summed E-state index contributed by atoms with van der Waals surface area (Å²) in [6.07, 6.45) is 4.19. The van der Waals surface area contributed by atoms with Crippen molar-refractivity contribution in [3.8, 4) is 0 Å². The van der Waals surface area contributed by atoms with Crippen LogP contribution in [0.15, 0.2) is 23.4 Å². The Kier molecular flexibility index (Phi) is 1.63. The van der Waals surface area contributed by atoms with Crippen molar-refractivity contribution >= 4 is 11.7 Å². The van der Waals surface area contributed by atoms with E-state index in [-0.39, 0.29) is 5.56 Å². The number of nitrogens with zero attached hydrogens (tertiary/aromatic N) is 3. The van der Waals surface area contributed by atoms with Crippen molar-refractivity contribution < 1.29 is 9.90 Å². The lowest BCUT2D eigenvalue weighted by molar-refractivity contribution is 0.0694. The summed E-state index contributed by atoms with van der Waals surface area (Å²) >= 11 is 0. The topological polar surface area (TPSA) is 76.6 Å². The molecule has 2 aromatic rings. The summed E-state index contributed by atoms with van der Waals surface area (Å²) in [5, 5.41) is 8.67. The summed E-state index contributed by atoms with van der Waals surface area (Å²) in [5.74, 6) is -0.847. The molecule has 0 spiro atoms. The molecule has 72 valence electrons. The molecule has 2 aromatic heterocycles. The number of carboxylic acid groups (broad SMARTS) is 1. The Labute approximate surface area is 78.0 Å². The lowest BCUT2D eigenvalue weighted by Gasteiger charge is -1.96. The number of fused-ring (bicyclic) bond motifs is 1. The van der Waals surface area contributed by atoms with Gasteiger partial charge in [-0.3, -0.25) is 9.20 Å². The average molecular weight is 193 g/mol. The number of rotatable bonds is 1. The van der Waals surface area contributed by atoms with E-state index in [1.165, 1.54) is 10.6 Å². The van der Waals surface area contributed by atoms with Crippen molar-refractivity contribution in [1.82, 2.24) is 14.0 Å². The zero-order valence-corrected chi connectivity index (χ0v) is 7.34. The summed E-state index contributed by atoms with van der Waals surface area (Å²) in [4.78, 5) is 26.0. The molecule has 0 fully saturated rings. The number of imidazole rings is 1. The van der Waals surface area contributed by atoms with Gasteiger partial charge in [-0.05, 0) is 0 Å². The third-order valence-electron chi connectivity index (χ3n) is 1.96. The van der Waals surface area contributed by atoms with Crippen LogP contribution in [0.5, 0.6) is 0 Å². The number of hydrogen-bond acceptors (Lipinski definition) is 3.